The van der Waals surface area contributed by atoms with Gasteiger partial charge in [-0.05, 0) is 30.0 Å². The molecule has 0 saturated heterocycles. The summed E-state index contributed by atoms with van der Waals surface area (Å²) in [4.78, 5) is 4.68. The van der Waals surface area contributed by atoms with Gasteiger partial charge in [-0.25, -0.2) is 4.98 Å². The lowest BCUT2D eigenvalue weighted by molar-refractivity contribution is 0.419. The van der Waals surface area contributed by atoms with Gasteiger partial charge >= 0.3 is 0 Å². The first-order valence-electron chi connectivity index (χ1n) is 6.13. The van der Waals surface area contributed by atoms with Gasteiger partial charge < -0.3 is 4.74 Å². The number of hydrogen-bond donors (Lipinski definition) is 0. The molecule has 0 bridgehead atoms. The molecule has 2 nitrogen and oxygen atoms in total. The Kier molecular flexibility index (Phi) is 3.32. The van der Waals surface area contributed by atoms with E-state index in [2.05, 4.69) is 37.9 Å². The Morgan fingerprint density at radius 1 is 1.29 bits per heavy atom. The highest BCUT2D eigenvalue weighted by molar-refractivity contribution is 5.88. The second-order valence-corrected chi connectivity index (χ2v) is 4.57. The molecule has 0 N–H and O–H groups in total. The Bertz CT molecular complexity index is 532. The van der Waals surface area contributed by atoms with Crippen molar-refractivity contribution in [3.05, 3.63) is 35.5 Å². The van der Waals surface area contributed by atoms with Crippen molar-refractivity contribution in [3.63, 3.8) is 0 Å². The molecule has 0 saturated carbocycles. The van der Waals surface area contributed by atoms with Gasteiger partial charge in [0.15, 0.2) is 0 Å². The van der Waals surface area contributed by atoms with Gasteiger partial charge in [-0.1, -0.05) is 32.9 Å². The van der Waals surface area contributed by atoms with Crippen LogP contribution >= 0.6 is 0 Å². The summed E-state index contributed by atoms with van der Waals surface area (Å²) in [6.07, 6.45) is 0.952. The van der Waals surface area contributed by atoms with Crippen molar-refractivity contribution in [1.82, 2.24) is 4.98 Å². The Morgan fingerprint density at radius 3 is 2.65 bits per heavy atom. The average molecular weight is 229 g/mol. The Hall–Kier alpha value is -1.57. The fourth-order valence-electron chi connectivity index (χ4n) is 2.13. The third kappa shape index (κ3) is 2.12. The SMILES string of the molecule is CCc1cc(C(C)C)c2cccc(OC)c2n1. The minimum atomic E-state index is 0.498. The summed E-state index contributed by atoms with van der Waals surface area (Å²) in [7, 11) is 1.70. The van der Waals surface area contributed by atoms with Gasteiger partial charge in [0.05, 0.1) is 7.11 Å². The van der Waals surface area contributed by atoms with Crippen LogP contribution in [0.3, 0.4) is 0 Å². The van der Waals surface area contributed by atoms with Crippen molar-refractivity contribution in [2.75, 3.05) is 7.11 Å². The zero-order valence-electron chi connectivity index (χ0n) is 10.9. The van der Waals surface area contributed by atoms with E-state index in [-0.39, 0.29) is 0 Å². The molecule has 0 amide bonds. The first-order valence-corrected chi connectivity index (χ1v) is 6.13. The molecular formula is C15H19NO. The van der Waals surface area contributed by atoms with Gasteiger partial charge in [0.1, 0.15) is 11.3 Å². The van der Waals surface area contributed by atoms with E-state index in [1.165, 1.54) is 10.9 Å². The second-order valence-electron chi connectivity index (χ2n) is 4.57. The van der Waals surface area contributed by atoms with E-state index >= 15 is 0 Å². The Labute approximate surface area is 103 Å². The van der Waals surface area contributed by atoms with E-state index in [9.17, 15) is 0 Å². The van der Waals surface area contributed by atoms with E-state index in [1.807, 2.05) is 12.1 Å². The van der Waals surface area contributed by atoms with Crippen LogP contribution in [-0.2, 0) is 6.42 Å². The number of benzene rings is 1. The summed E-state index contributed by atoms with van der Waals surface area (Å²) in [5.41, 5.74) is 3.47. The first kappa shape index (κ1) is 11.9. The van der Waals surface area contributed by atoms with Crippen molar-refractivity contribution in [2.24, 2.45) is 0 Å². The van der Waals surface area contributed by atoms with Crippen LogP contribution in [0.25, 0.3) is 10.9 Å². The van der Waals surface area contributed by atoms with Gasteiger partial charge in [-0.3, -0.25) is 0 Å². The number of fused-ring (bicyclic) bond motifs is 1. The number of methoxy groups -OCH3 is 1. The summed E-state index contributed by atoms with van der Waals surface area (Å²) < 4.78 is 5.40. The highest BCUT2D eigenvalue weighted by Gasteiger charge is 2.11. The lowest BCUT2D eigenvalue weighted by atomic mass is 9.97. The van der Waals surface area contributed by atoms with Crippen LogP contribution in [0.2, 0.25) is 0 Å². The lowest BCUT2D eigenvalue weighted by Crippen LogP contribution is -1.98. The predicted octanol–water partition coefficient (Wildman–Crippen LogP) is 3.93. The number of pyridine rings is 1. The average Bonchev–Trinajstić information content (AvgIpc) is 2.36. The molecular weight excluding hydrogens is 210 g/mol. The number of ether oxygens (including phenoxy) is 1. The van der Waals surface area contributed by atoms with Crippen LogP contribution < -0.4 is 4.74 Å². The molecule has 0 aliphatic heterocycles. The smallest absolute Gasteiger partial charge is 0.145 e. The molecule has 2 heteroatoms. The summed E-state index contributed by atoms with van der Waals surface area (Å²) in [6.45, 7) is 6.56. The standard InChI is InChI=1S/C15H19NO/c1-5-11-9-13(10(2)3)12-7-6-8-14(17-4)15(12)16-11/h6-10H,5H2,1-4H3. The summed E-state index contributed by atoms with van der Waals surface area (Å²) in [5, 5.41) is 1.21. The summed E-state index contributed by atoms with van der Waals surface area (Å²) in [6, 6.07) is 8.34. The molecule has 0 atom stereocenters. The molecule has 0 fully saturated rings. The van der Waals surface area contributed by atoms with Crippen LogP contribution in [0.5, 0.6) is 5.75 Å². The zero-order valence-corrected chi connectivity index (χ0v) is 10.9. The topological polar surface area (TPSA) is 22.1 Å². The van der Waals surface area contributed by atoms with E-state index in [1.54, 1.807) is 7.11 Å². The molecule has 0 aliphatic carbocycles. The van der Waals surface area contributed by atoms with Crippen LogP contribution in [0.1, 0.15) is 37.9 Å². The van der Waals surface area contributed by atoms with Crippen LogP contribution in [0.4, 0.5) is 0 Å². The van der Waals surface area contributed by atoms with Crippen LogP contribution in [-0.4, -0.2) is 12.1 Å². The minimum Gasteiger partial charge on any atom is -0.494 e. The molecule has 0 unspecified atom stereocenters. The van der Waals surface area contributed by atoms with E-state index < -0.39 is 0 Å². The fraction of sp³-hybridized carbons (Fsp3) is 0.400. The number of hydrogen-bond acceptors (Lipinski definition) is 2. The Balaban J connectivity index is 2.80. The van der Waals surface area contributed by atoms with Crippen LogP contribution in [0, 0.1) is 0 Å². The molecule has 1 aromatic carbocycles. The molecule has 1 heterocycles. The van der Waals surface area contributed by atoms with E-state index in [4.69, 9.17) is 4.74 Å². The third-order valence-electron chi connectivity index (χ3n) is 3.09. The number of aromatic nitrogens is 1. The largest absolute Gasteiger partial charge is 0.494 e. The minimum absolute atomic E-state index is 0.498. The summed E-state index contributed by atoms with van der Waals surface area (Å²) in [5.74, 6) is 1.36. The second kappa shape index (κ2) is 4.74. The van der Waals surface area contributed by atoms with Crippen molar-refractivity contribution >= 4 is 10.9 Å². The molecule has 2 rings (SSSR count). The van der Waals surface area contributed by atoms with Crippen molar-refractivity contribution in [1.29, 1.82) is 0 Å². The van der Waals surface area contributed by atoms with Gasteiger partial charge in [-0.15, -0.1) is 0 Å². The van der Waals surface area contributed by atoms with Crippen molar-refractivity contribution in [3.8, 4) is 5.75 Å². The van der Waals surface area contributed by atoms with Gasteiger partial charge in [-0.2, -0.15) is 0 Å². The molecule has 0 spiro atoms. The summed E-state index contributed by atoms with van der Waals surface area (Å²) >= 11 is 0. The van der Waals surface area contributed by atoms with Crippen molar-refractivity contribution < 1.29 is 4.74 Å². The van der Waals surface area contributed by atoms with Crippen molar-refractivity contribution in [2.45, 2.75) is 33.1 Å². The number of nitrogens with zero attached hydrogens (tertiary/aromatic N) is 1. The molecule has 0 aliphatic rings. The zero-order chi connectivity index (χ0) is 12.4. The van der Waals surface area contributed by atoms with E-state index in [0.717, 1.165) is 23.4 Å². The quantitative estimate of drug-likeness (QED) is 0.795. The maximum absolute atomic E-state index is 5.40. The third-order valence-corrected chi connectivity index (χ3v) is 3.09. The maximum Gasteiger partial charge on any atom is 0.145 e. The molecule has 90 valence electrons. The molecule has 0 radical (unpaired) electrons. The first-order chi connectivity index (χ1) is 8.17. The number of aryl methyl sites for hydroxylation is 1. The fourth-order valence-corrected chi connectivity index (χ4v) is 2.13. The highest BCUT2D eigenvalue weighted by atomic mass is 16.5. The molecule has 2 aromatic rings. The monoisotopic (exact) mass is 229 g/mol. The number of rotatable bonds is 3. The Morgan fingerprint density at radius 2 is 2.06 bits per heavy atom. The van der Waals surface area contributed by atoms with Gasteiger partial charge in [0, 0.05) is 11.1 Å². The van der Waals surface area contributed by atoms with Gasteiger partial charge in [0.25, 0.3) is 0 Å². The van der Waals surface area contributed by atoms with Crippen LogP contribution in [0.15, 0.2) is 24.3 Å². The predicted molar refractivity (Wildman–Crippen MR) is 71.8 cm³/mol. The van der Waals surface area contributed by atoms with E-state index in [0.29, 0.717) is 5.92 Å². The lowest BCUT2D eigenvalue weighted by Gasteiger charge is -2.13. The normalized spacial score (nSPS) is 11.1. The maximum atomic E-state index is 5.40. The van der Waals surface area contributed by atoms with Gasteiger partial charge in [0.2, 0.25) is 0 Å². The molecule has 1 aromatic heterocycles. The highest BCUT2D eigenvalue weighted by Crippen LogP contribution is 2.30. The number of para-hydroxylation sites is 1. The molecule has 17 heavy (non-hydrogen) atoms.